The molecule has 102 valence electrons. The van der Waals surface area contributed by atoms with Crippen molar-refractivity contribution in [3.05, 3.63) is 0 Å². The molecule has 2 N–H and O–H groups in total. The summed E-state index contributed by atoms with van der Waals surface area (Å²) in [7, 11) is -0.107. The molecule has 0 aromatic rings. The lowest BCUT2D eigenvalue weighted by atomic mass is 10.1. The van der Waals surface area contributed by atoms with E-state index < -0.39 is 10.2 Å². The van der Waals surface area contributed by atoms with Crippen molar-refractivity contribution in [2.24, 2.45) is 11.7 Å². The molecule has 1 aliphatic heterocycles. The van der Waals surface area contributed by atoms with Gasteiger partial charge in [0.15, 0.2) is 0 Å². The van der Waals surface area contributed by atoms with E-state index in [1.807, 2.05) is 0 Å². The van der Waals surface area contributed by atoms with Crippen LogP contribution in [0.2, 0.25) is 0 Å². The third kappa shape index (κ3) is 3.89. The lowest BCUT2D eigenvalue weighted by molar-refractivity contribution is 0.166. The van der Waals surface area contributed by atoms with Crippen LogP contribution in [0.4, 0.5) is 0 Å². The highest BCUT2D eigenvalue weighted by atomic mass is 32.2. The summed E-state index contributed by atoms with van der Waals surface area (Å²) in [6.07, 6.45) is 0. The molecule has 1 unspecified atom stereocenters. The Morgan fingerprint density at radius 3 is 2.18 bits per heavy atom. The van der Waals surface area contributed by atoms with Gasteiger partial charge in [-0.25, -0.2) is 0 Å². The second-order valence-corrected chi connectivity index (χ2v) is 6.97. The SMILES string of the molecule is CC(CN)CN1CCN(S(=O)(=O)N(C)C)CC1. The van der Waals surface area contributed by atoms with E-state index >= 15 is 0 Å². The molecule has 0 aliphatic carbocycles. The van der Waals surface area contributed by atoms with E-state index in [1.165, 1.54) is 8.61 Å². The van der Waals surface area contributed by atoms with Crippen LogP contribution in [-0.2, 0) is 10.2 Å². The van der Waals surface area contributed by atoms with Crippen molar-refractivity contribution < 1.29 is 8.42 Å². The Morgan fingerprint density at radius 2 is 1.76 bits per heavy atom. The second-order valence-electron chi connectivity index (χ2n) is 4.83. The van der Waals surface area contributed by atoms with Gasteiger partial charge in [0.25, 0.3) is 10.2 Å². The molecular weight excluding hydrogens is 240 g/mol. The van der Waals surface area contributed by atoms with Gasteiger partial charge in [-0.2, -0.15) is 17.0 Å². The summed E-state index contributed by atoms with van der Waals surface area (Å²) in [5, 5.41) is 0. The van der Waals surface area contributed by atoms with Crippen molar-refractivity contribution in [3.8, 4) is 0 Å². The minimum absolute atomic E-state index is 0.465. The summed E-state index contributed by atoms with van der Waals surface area (Å²) in [6, 6.07) is 0. The Hall–Kier alpha value is -0.210. The third-order valence-corrected chi connectivity index (χ3v) is 5.03. The van der Waals surface area contributed by atoms with Gasteiger partial charge in [0.1, 0.15) is 0 Å². The maximum absolute atomic E-state index is 11.9. The molecular formula is C10H24N4O2S. The van der Waals surface area contributed by atoms with Crippen LogP contribution in [-0.4, -0.2) is 75.3 Å². The Bertz CT molecular complexity index is 323. The third-order valence-electron chi connectivity index (χ3n) is 3.09. The highest BCUT2D eigenvalue weighted by molar-refractivity contribution is 7.86. The van der Waals surface area contributed by atoms with Gasteiger partial charge in [0.2, 0.25) is 0 Å². The Kier molecular flexibility index (Phi) is 5.33. The second kappa shape index (κ2) is 6.10. The quantitative estimate of drug-likeness (QED) is 0.692. The zero-order valence-electron chi connectivity index (χ0n) is 11.0. The first-order valence-electron chi connectivity index (χ1n) is 5.98. The van der Waals surface area contributed by atoms with Crippen LogP contribution in [0.3, 0.4) is 0 Å². The Morgan fingerprint density at radius 1 is 1.24 bits per heavy atom. The van der Waals surface area contributed by atoms with Crippen molar-refractivity contribution in [3.63, 3.8) is 0 Å². The summed E-state index contributed by atoms with van der Waals surface area (Å²) in [5.74, 6) is 0.465. The van der Waals surface area contributed by atoms with E-state index in [0.29, 0.717) is 25.6 Å². The zero-order chi connectivity index (χ0) is 13.1. The molecule has 0 amide bonds. The number of nitrogens with two attached hydrogens (primary N) is 1. The summed E-state index contributed by atoms with van der Waals surface area (Å²) in [6.45, 7) is 6.45. The van der Waals surface area contributed by atoms with Gasteiger partial charge in [0, 0.05) is 46.8 Å². The van der Waals surface area contributed by atoms with Gasteiger partial charge in [0.05, 0.1) is 0 Å². The van der Waals surface area contributed by atoms with Gasteiger partial charge in [-0.05, 0) is 12.5 Å². The van der Waals surface area contributed by atoms with Crippen LogP contribution in [0, 0.1) is 5.92 Å². The number of nitrogens with zero attached hydrogens (tertiary/aromatic N) is 3. The Labute approximate surface area is 105 Å². The molecule has 1 heterocycles. The van der Waals surface area contributed by atoms with Crippen molar-refractivity contribution in [1.29, 1.82) is 0 Å². The van der Waals surface area contributed by atoms with Crippen molar-refractivity contribution in [1.82, 2.24) is 13.5 Å². The van der Waals surface area contributed by atoms with E-state index in [2.05, 4.69) is 11.8 Å². The van der Waals surface area contributed by atoms with Gasteiger partial charge < -0.3 is 10.6 Å². The zero-order valence-corrected chi connectivity index (χ0v) is 11.8. The van der Waals surface area contributed by atoms with Crippen LogP contribution in [0.1, 0.15) is 6.92 Å². The standard InChI is InChI=1S/C10H24N4O2S/c1-10(8-11)9-13-4-6-14(7-5-13)17(15,16)12(2)3/h10H,4-9,11H2,1-3H3. The minimum Gasteiger partial charge on any atom is -0.330 e. The summed E-state index contributed by atoms with van der Waals surface area (Å²) in [4.78, 5) is 2.28. The average molecular weight is 264 g/mol. The molecule has 1 atom stereocenters. The first kappa shape index (κ1) is 14.8. The molecule has 0 spiro atoms. The minimum atomic E-state index is -3.24. The monoisotopic (exact) mass is 264 g/mol. The highest BCUT2D eigenvalue weighted by Gasteiger charge is 2.28. The van der Waals surface area contributed by atoms with Crippen molar-refractivity contribution in [2.75, 3.05) is 53.4 Å². The van der Waals surface area contributed by atoms with E-state index in [0.717, 1.165) is 19.6 Å². The predicted octanol–water partition coefficient (Wildman–Crippen LogP) is -0.995. The van der Waals surface area contributed by atoms with E-state index in [4.69, 9.17) is 5.73 Å². The van der Waals surface area contributed by atoms with Crippen LogP contribution in [0.25, 0.3) is 0 Å². The average Bonchev–Trinajstić information content (AvgIpc) is 2.29. The molecule has 1 saturated heterocycles. The number of hydrogen-bond donors (Lipinski definition) is 1. The lowest BCUT2D eigenvalue weighted by Gasteiger charge is -2.36. The molecule has 1 fully saturated rings. The van der Waals surface area contributed by atoms with Crippen molar-refractivity contribution >= 4 is 10.2 Å². The molecule has 0 aromatic carbocycles. The summed E-state index contributed by atoms with van der Waals surface area (Å²) >= 11 is 0. The van der Waals surface area contributed by atoms with Crippen LogP contribution >= 0.6 is 0 Å². The largest absolute Gasteiger partial charge is 0.330 e. The van der Waals surface area contributed by atoms with E-state index in [1.54, 1.807) is 14.1 Å². The molecule has 1 aliphatic rings. The first-order chi connectivity index (χ1) is 7.87. The molecule has 7 heteroatoms. The smallest absolute Gasteiger partial charge is 0.281 e. The summed E-state index contributed by atoms with van der Waals surface area (Å²) < 4.78 is 26.6. The number of piperazine rings is 1. The first-order valence-corrected chi connectivity index (χ1v) is 7.37. The molecule has 1 rings (SSSR count). The highest BCUT2D eigenvalue weighted by Crippen LogP contribution is 2.10. The normalized spacial score (nSPS) is 21.9. The van der Waals surface area contributed by atoms with E-state index in [9.17, 15) is 8.42 Å². The fraction of sp³-hybridized carbons (Fsp3) is 1.00. The lowest BCUT2D eigenvalue weighted by Crippen LogP contribution is -2.52. The van der Waals surface area contributed by atoms with Gasteiger partial charge in [-0.15, -0.1) is 0 Å². The van der Waals surface area contributed by atoms with Crippen LogP contribution < -0.4 is 5.73 Å². The summed E-state index contributed by atoms with van der Waals surface area (Å²) in [5.41, 5.74) is 5.59. The van der Waals surface area contributed by atoms with Crippen LogP contribution in [0.5, 0.6) is 0 Å². The van der Waals surface area contributed by atoms with Crippen molar-refractivity contribution in [2.45, 2.75) is 6.92 Å². The molecule has 0 aromatic heterocycles. The fourth-order valence-corrected chi connectivity index (χ4v) is 2.98. The molecule has 0 bridgehead atoms. The van der Waals surface area contributed by atoms with E-state index in [-0.39, 0.29) is 0 Å². The fourth-order valence-electron chi connectivity index (χ4n) is 1.89. The molecule has 0 saturated carbocycles. The predicted molar refractivity (Wildman–Crippen MR) is 68.8 cm³/mol. The molecule has 17 heavy (non-hydrogen) atoms. The Balaban J connectivity index is 2.46. The maximum atomic E-state index is 11.9. The maximum Gasteiger partial charge on any atom is 0.281 e. The van der Waals surface area contributed by atoms with Gasteiger partial charge >= 0.3 is 0 Å². The topological polar surface area (TPSA) is 69.9 Å². The number of rotatable bonds is 5. The number of hydrogen-bond acceptors (Lipinski definition) is 4. The molecule has 0 radical (unpaired) electrons. The van der Waals surface area contributed by atoms with Gasteiger partial charge in [-0.1, -0.05) is 6.92 Å². The van der Waals surface area contributed by atoms with Gasteiger partial charge in [-0.3, -0.25) is 0 Å². The van der Waals surface area contributed by atoms with Crippen LogP contribution in [0.15, 0.2) is 0 Å². The molecule has 6 nitrogen and oxygen atoms in total.